The molecule has 1 atom stereocenters. The minimum Gasteiger partial charge on any atom is -0.378 e. The van der Waals surface area contributed by atoms with Gasteiger partial charge < -0.3 is 20.7 Å². The van der Waals surface area contributed by atoms with Gasteiger partial charge in [0.2, 0.25) is 5.91 Å². The van der Waals surface area contributed by atoms with E-state index >= 15 is 0 Å². The number of carbonyl (C=O) groups is 1. The fraction of sp³-hybridized carbons (Fsp3) is 0.652. The van der Waals surface area contributed by atoms with Crippen LogP contribution in [0.1, 0.15) is 43.7 Å². The summed E-state index contributed by atoms with van der Waals surface area (Å²) in [5.41, 5.74) is 8.02. The molecule has 3 rings (SSSR count). The van der Waals surface area contributed by atoms with Gasteiger partial charge in [-0.1, -0.05) is 24.3 Å². The first-order chi connectivity index (χ1) is 14.6. The molecule has 2 aliphatic rings. The van der Waals surface area contributed by atoms with Crippen LogP contribution in [0.25, 0.3) is 0 Å². The number of guanidine groups is 1. The fourth-order valence-corrected chi connectivity index (χ4v) is 4.51. The summed E-state index contributed by atoms with van der Waals surface area (Å²) in [6.07, 6.45) is 4.42. The molecule has 1 unspecified atom stereocenters. The van der Waals surface area contributed by atoms with Crippen molar-refractivity contribution in [1.29, 1.82) is 0 Å². The molecule has 166 valence electrons. The number of amides is 1. The third-order valence-electron chi connectivity index (χ3n) is 6.11. The molecule has 0 aliphatic carbocycles. The topological polar surface area (TPSA) is 83.2 Å². The number of rotatable bonds is 7. The number of benzene rings is 1. The molecule has 7 heteroatoms. The quantitative estimate of drug-likeness (QED) is 0.525. The van der Waals surface area contributed by atoms with Crippen molar-refractivity contribution >= 4 is 11.9 Å². The van der Waals surface area contributed by atoms with E-state index in [-0.39, 0.29) is 11.8 Å². The number of aliphatic imine (C=N–C) groups is 1. The highest BCUT2D eigenvalue weighted by Crippen LogP contribution is 2.19. The van der Waals surface area contributed by atoms with E-state index in [1.807, 2.05) is 7.05 Å². The van der Waals surface area contributed by atoms with Crippen LogP contribution in [0.4, 0.5) is 0 Å². The van der Waals surface area contributed by atoms with E-state index in [0.717, 1.165) is 77.5 Å². The summed E-state index contributed by atoms with van der Waals surface area (Å²) in [5, 5.41) is 3.52. The number of hydrogen-bond acceptors (Lipinski definition) is 4. The van der Waals surface area contributed by atoms with E-state index in [9.17, 15) is 4.79 Å². The first kappa shape index (κ1) is 22.6. The normalized spacial score (nSPS) is 21.6. The number of ether oxygens (including phenoxy) is 1. The Balaban J connectivity index is 1.50. The maximum atomic E-state index is 11.5. The molecule has 0 aromatic heterocycles. The monoisotopic (exact) mass is 415 g/mol. The summed E-state index contributed by atoms with van der Waals surface area (Å²) in [5.74, 6) is 0.767. The number of carbonyl (C=O) groups excluding carboxylic acids is 1. The Labute approximate surface area is 180 Å². The highest BCUT2D eigenvalue weighted by molar-refractivity contribution is 5.80. The minimum atomic E-state index is -0.172. The molecule has 3 N–H and O–H groups in total. The van der Waals surface area contributed by atoms with E-state index in [2.05, 4.69) is 51.3 Å². The Bertz CT molecular complexity index is 715. The highest BCUT2D eigenvalue weighted by Gasteiger charge is 2.24. The van der Waals surface area contributed by atoms with E-state index in [1.54, 1.807) is 0 Å². The molecule has 0 saturated carbocycles. The second kappa shape index (κ2) is 11.3. The van der Waals surface area contributed by atoms with E-state index in [0.29, 0.717) is 6.10 Å². The molecular weight excluding hydrogens is 378 g/mol. The summed E-state index contributed by atoms with van der Waals surface area (Å²) >= 11 is 0. The van der Waals surface area contributed by atoms with E-state index < -0.39 is 0 Å². The van der Waals surface area contributed by atoms with Crippen molar-refractivity contribution in [3.8, 4) is 0 Å². The Morgan fingerprint density at radius 3 is 2.70 bits per heavy atom. The lowest BCUT2D eigenvalue weighted by molar-refractivity contribution is -0.123. The third kappa shape index (κ3) is 6.44. The lowest BCUT2D eigenvalue weighted by Crippen LogP contribution is -2.46. The van der Waals surface area contributed by atoms with Gasteiger partial charge in [-0.25, -0.2) is 0 Å². The summed E-state index contributed by atoms with van der Waals surface area (Å²) in [7, 11) is 1.85. The number of nitrogens with zero attached hydrogens (tertiary/aromatic N) is 3. The Hall–Kier alpha value is -2.12. The number of primary amides is 1. The van der Waals surface area contributed by atoms with Crippen molar-refractivity contribution in [2.75, 3.05) is 39.8 Å². The van der Waals surface area contributed by atoms with Crippen LogP contribution in [0.15, 0.2) is 29.3 Å². The molecule has 1 aromatic rings. The van der Waals surface area contributed by atoms with Crippen LogP contribution in [-0.4, -0.2) is 67.6 Å². The maximum Gasteiger partial charge on any atom is 0.221 e. The number of likely N-dealkylation sites (tertiary alicyclic amines) is 2. The van der Waals surface area contributed by atoms with E-state index in [1.165, 1.54) is 11.1 Å². The molecule has 2 heterocycles. The second-order valence-corrected chi connectivity index (χ2v) is 8.34. The van der Waals surface area contributed by atoms with Crippen molar-refractivity contribution in [3.05, 3.63) is 35.4 Å². The van der Waals surface area contributed by atoms with Gasteiger partial charge in [0.25, 0.3) is 0 Å². The van der Waals surface area contributed by atoms with Crippen LogP contribution in [-0.2, 0) is 22.6 Å². The maximum absolute atomic E-state index is 11.5. The van der Waals surface area contributed by atoms with Gasteiger partial charge in [0, 0.05) is 46.4 Å². The molecule has 0 bridgehead atoms. The molecule has 2 aliphatic heterocycles. The van der Waals surface area contributed by atoms with Crippen molar-refractivity contribution in [1.82, 2.24) is 15.1 Å². The minimum absolute atomic E-state index is 0.0150. The van der Waals surface area contributed by atoms with Gasteiger partial charge in [0.1, 0.15) is 0 Å². The summed E-state index contributed by atoms with van der Waals surface area (Å²) in [4.78, 5) is 20.7. The van der Waals surface area contributed by atoms with E-state index in [4.69, 9.17) is 10.5 Å². The van der Waals surface area contributed by atoms with Gasteiger partial charge in [0.15, 0.2) is 5.96 Å². The number of hydrogen-bond donors (Lipinski definition) is 2. The van der Waals surface area contributed by atoms with Crippen LogP contribution in [0.5, 0.6) is 0 Å². The van der Waals surface area contributed by atoms with Gasteiger partial charge in [-0.05, 0) is 50.3 Å². The van der Waals surface area contributed by atoms with Crippen LogP contribution in [0, 0.1) is 5.92 Å². The molecule has 30 heavy (non-hydrogen) atoms. The fourth-order valence-electron chi connectivity index (χ4n) is 4.51. The van der Waals surface area contributed by atoms with Gasteiger partial charge in [0.05, 0.1) is 12.0 Å². The SMILES string of the molecule is CCOC1CCN(C(=NC)NCc2cccc(CN3CCCC(C(N)=O)C3)c2)CC1. The standard InChI is InChI=1S/C23H37N5O2/c1-3-30-21-9-12-28(13-10-21)23(25-2)26-15-18-6-4-7-19(14-18)16-27-11-5-8-20(17-27)22(24)29/h4,6-7,14,20-21H,3,5,8-13,15-17H2,1-2H3,(H2,24,29)(H,25,26). The van der Waals surface area contributed by atoms with Crippen LogP contribution in [0.3, 0.4) is 0 Å². The van der Waals surface area contributed by atoms with Crippen molar-refractivity contribution in [2.24, 2.45) is 16.6 Å². The zero-order chi connectivity index (χ0) is 21.3. The summed E-state index contributed by atoms with van der Waals surface area (Å²) < 4.78 is 5.75. The van der Waals surface area contributed by atoms with Crippen molar-refractivity contribution in [2.45, 2.75) is 51.8 Å². The van der Waals surface area contributed by atoms with Crippen molar-refractivity contribution in [3.63, 3.8) is 0 Å². The zero-order valence-electron chi connectivity index (χ0n) is 18.5. The first-order valence-corrected chi connectivity index (χ1v) is 11.3. The second-order valence-electron chi connectivity index (χ2n) is 8.34. The van der Waals surface area contributed by atoms with Crippen LogP contribution in [0.2, 0.25) is 0 Å². The average Bonchev–Trinajstić information content (AvgIpc) is 2.76. The molecule has 2 saturated heterocycles. The lowest BCUT2D eigenvalue weighted by Gasteiger charge is -2.34. The van der Waals surface area contributed by atoms with Gasteiger partial charge in [-0.2, -0.15) is 0 Å². The molecule has 0 radical (unpaired) electrons. The van der Waals surface area contributed by atoms with Gasteiger partial charge in [-0.3, -0.25) is 14.7 Å². The highest BCUT2D eigenvalue weighted by atomic mass is 16.5. The largest absolute Gasteiger partial charge is 0.378 e. The smallest absolute Gasteiger partial charge is 0.221 e. The number of nitrogens with two attached hydrogens (primary N) is 1. The average molecular weight is 416 g/mol. The summed E-state index contributed by atoms with van der Waals surface area (Å²) in [6.45, 7) is 8.18. The van der Waals surface area contributed by atoms with Crippen molar-refractivity contribution < 1.29 is 9.53 Å². The predicted molar refractivity (Wildman–Crippen MR) is 120 cm³/mol. The Kier molecular flexibility index (Phi) is 8.51. The molecule has 1 amide bonds. The summed E-state index contributed by atoms with van der Waals surface area (Å²) in [6, 6.07) is 8.66. The zero-order valence-corrected chi connectivity index (χ0v) is 18.5. The van der Waals surface area contributed by atoms with Crippen LogP contribution >= 0.6 is 0 Å². The molecular formula is C23H37N5O2. The Morgan fingerprint density at radius 1 is 1.23 bits per heavy atom. The number of piperidine rings is 2. The Morgan fingerprint density at radius 2 is 2.00 bits per heavy atom. The number of nitrogens with one attached hydrogen (secondary N) is 1. The third-order valence-corrected chi connectivity index (χ3v) is 6.11. The first-order valence-electron chi connectivity index (χ1n) is 11.3. The van der Waals surface area contributed by atoms with Crippen LogP contribution < -0.4 is 11.1 Å². The molecule has 1 aromatic carbocycles. The molecule has 7 nitrogen and oxygen atoms in total. The van der Waals surface area contributed by atoms with Gasteiger partial charge >= 0.3 is 0 Å². The van der Waals surface area contributed by atoms with Gasteiger partial charge in [-0.15, -0.1) is 0 Å². The molecule has 2 fully saturated rings. The lowest BCUT2D eigenvalue weighted by atomic mass is 9.97. The predicted octanol–water partition coefficient (Wildman–Crippen LogP) is 1.96. The molecule has 0 spiro atoms.